The van der Waals surface area contributed by atoms with E-state index < -0.39 is 22.0 Å². The van der Waals surface area contributed by atoms with E-state index in [9.17, 15) is 13.2 Å². The quantitative estimate of drug-likeness (QED) is 0.737. The molecule has 0 saturated carbocycles. The van der Waals surface area contributed by atoms with Crippen LogP contribution in [0.3, 0.4) is 0 Å². The van der Waals surface area contributed by atoms with Gasteiger partial charge in [0.05, 0.1) is 11.9 Å². The number of nitrogens with one attached hydrogen (secondary N) is 1. The minimum atomic E-state index is -3.77. The molecule has 0 bridgehead atoms. The minimum Gasteiger partial charge on any atom is -0.324 e. The summed E-state index contributed by atoms with van der Waals surface area (Å²) in [6.45, 7) is 3.31. The first-order valence-corrected chi connectivity index (χ1v) is 10.5. The Labute approximate surface area is 167 Å². The molecule has 0 aromatic heterocycles. The molecule has 0 unspecified atom stereocenters. The van der Waals surface area contributed by atoms with Gasteiger partial charge in [0.2, 0.25) is 15.9 Å². The van der Waals surface area contributed by atoms with E-state index in [1.54, 1.807) is 18.2 Å². The van der Waals surface area contributed by atoms with E-state index in [-0.39, 0.29) is 15.7 Å². The normalized spacial score (nSPS) is 12.5. The molecule has 0 aliphatic rings. The molecule has 0 radical (unpaired) electrons. The highest BCUT2D eigenvalue weighted by Crippen LogP contribution is 2.29. The Morgan fingerprint density at radius 2 is 1.65 bits per heavy atom. The number of rotatable bonds is 5. The predicted molar refractivity (Wildman–Crippen MR) is 108 cm³/mol. The zero-order valence-electron chi connectivity index (χ0n) is 14.3. The highest BCUT2D eigenvalue weighted by molar-refractivity contribution is 7.92. The third-order valence-corrected chi connectivity index (χ3v) is 5.71. The number of aryl methyl sites for hydroxylation is 1. The lowest BCUT2D eigenvalue weighted by Crippen LogP contribution is -2.45. The average Bonchev–Trinajstić information content (AvgIpc) is 2.48. The van der Waals surface area contributed by atoms with Crippen LogP contribution in [0.4, 0.5) is 11.4 Å². The van der Waals surface area contributed by atoms with Gasteiger partial charge in [0.25, 0.3) is 0 Å². The Balaban J connectivity index is 2.35. The van der Waals surface area contributed by atoms with Gasteiger partial charge in [0, 0.05) is 20.8 Å². The summed E-state index contributed by atoms with van der Waals surface area (Å²) in [6, 6.07) is 8.34. The molecule has 9 heteroatoms. The number of amides is 1. The van der Waals surface area contributed by atoms with Crippen LogP contribution in [0.5, 0.6) is 0 Å². The fraction of sp³-hybridized carbons (Fsp3) is 0.235. The van der Waals surface area contributed by atoms with E-state index in [1.807, 2.05) is 6.92 Å². The topological polar surface area (TPSA) is 66.5 Å². The van der Waals surface area contributed by atoms with Gasteiger partial charge in [-0.2, -0.15) is 0 Å². The van der Waals surface area contributed by atoms with Gasteiger partial charge in [-0.3, -0.25) is 9.10 Å². The van der Waals surface area contributed by atoms with Crippen LogP contribution in [0.2, 0.25) is 15.1 Å². The SMILES string of the molecule is Cc1ccc(NC(=O)[C@@H](C)N(c2cc(Cl)cc(Cl)c2)S(C)(=O)=O)cc1Cl. The second kappa shape index (κ2) is 8.05. The minimum absolute atomic E-state index is 0.203. The molecule has 1 amide bonds. The Kier molecular flexibility index (Phi) is 6.45. The van der Waals surface area contributed by atoms with Gasteiger partial charge < -0.3 is 5.32 Å². The van der Waals surface area contributed by atoms with E-state index in [4.69, 9.17) is 34.8 Å². The Morgan fingerprint density at radius 3 is 2.15 bits per heavy atom. The summed E-state index contributed by atoms with van der Waals surface area (Å²) in [7, 11) is -3.77. The Hall–Kier alpha value is -1.47. The molecular weight excluding hydrogens is 419 g/mol. The van der Waals surface area contributed by atoms with Gasteiger partial charge in [-0.1, -0.05) is 40.9 Å². The highest BCUT2D eigenvalue weighted by atomic mass is 35.5. The highest BCUT2D eigenvalue weighted by Gasteiger charge is 2.29. The standard InChI is InChI=1S/C17H17Cl3N2O3S/c1-10-4-5-14(9-16(10)20)21-17(23)11(2)22(26(3,24)25)15-7-12(18)6-13(19)8-15/h4-9,11H,1-3H3,(H,21,23)/t11-/m1/s1. The molecule has 140 valence electrons. The van der Waals surface area contributed by atoms with Crippen LogP contribution in [0, 0.1) is 6.92 Å². The first-order valence-electron chi connectivity index (χ1n) is 7.51. The molecule has 0 fully saturated rings. The predicted octanol–water partition coefficient (Wildman–Crippen LogP) is 4.75. The lowest BCUT2D eigenvalue weighted by molar-refractivity contribution is -0.116. The molecule has 26 heavy (non-hydrogen) atoms. The molecule has 1 N–H and O–H groups in total. The molecule has 2 aromatic rings. The largest absolute Gasteiger partial charge is 0.324 e. The zero-order chi connectivity index (χ0) is 19.6. The maximum Gasteiger partial charge on any atom is 0.247 e. The molecule has 5 nitrogen and oxygen atoms in total. The molecule has 2 aromatic carbocycles. The van der Waals surface area contributed by atoms with Crippen LogP contribution < -0.4 is 9.62 Å². The summed E-state index contributed by atoms with van der Waals surface area (Å²) >= 11 is 18.0. The van der Waals surface area contributed by atoms with Crippen molar-refractivity contribution in [3.63, 3.8) is 0 Å². The van der Waals surface area contributed by atoms with Gasteiger partial charge in [-0.15, -0.1) is 0 Å². The van der Waals surface area contributed by atoms with Crippen LogP contribution >= 0.6 is 34.8 Å². The van der Waals surface area contributed by atoms with Gasteiger partial charge in [-0.05, 0) is 49.7 Å². The number of nitrogens with zero attached hydrogens (tertiary/aromatic N) is 1. The summed E-state index contributed by atoms with van der Waals surface area (Å²) in [4.78, 5) is 12.6. The molecule has 2 rings (SSSR count). The number of hydrogen-bond donors (Lipinski definition) is 1. The number of sulfonamides is 1. The van der Waals surface area contributed by atoms with E-state index in [1.165, 1.54) is 25.1 Å². The summed E-state index contributed by atoms with van der Waals surface area (Å²) in [5.74, 6) is -0.522. The molecular formula is C17H17Cl3N2O3S. The van der Waals surface area contributed by atoms with Crippen LogP contribution in [-0.2, 0) is 14.8 Å². The summed E-state index contributed by atoms with van der Waals surface area (Å²) < 4.78 is 25.5. The number of carbonyl (C=O) groups excluding carboxylic acids is 1. The smallest absolute Gasteiger partial charge is 0.247 e. The monoisotopic (exact) mass is 434 g/mol. The van der Waals surface area contributed by atoms with Crippen molar-refractivity contribution in [1.29, 1.82) is 0 Å². The van der Waals surface area contributed by atoms with Gasteiger partial charge in [0.1, 0.15) is 6.04 Å². The summed E-state index contributed by atoms with van der Waals surface area (Å²) in [5, 5.41) is 3.69. The number of halogens is 3. The first kappa shape index (κ1) is 20.8. The molecule has 0 heterocycles. The number of carbonyl (C=O) groups is 1. The fourth-order valence-corrected chi connectivity index (χ4v) is 4.25. The lowest BCUT2D eigenvalue weighted by Gasteiger charge is -2.28. The van der Waals surface area contributed by atoms with Crippen LogP contribution in [0.25, 0.3) is 0 Å². The lowest BCUT2D eigenvalue weighted by atomic mass is 10.2. The number of anilines is 2. The van der Waals surface area contributed by atoms with E-state index in [0.717, 1.165) is 16.1 Å². The molecule has 1 atom stereocenters. The summed E-state index contributed by atoms with van der Waals surface area (Å²) in [6.07, 6.45) is 1.01. The third-order valence-electron chi connectivity index (χ3n) is 3.63. The Bertz CT molecular complexity index is 928. The van der Waals surface area contributed by atoms with Crippen molar-refractivity contribution in [1.82, 2.24) is 0 Å². The van der Waals surface area contributed by atoms with Gasteiger partial charge in [0.15, 0.2) is 0 Å². The zero-order valence-corrected chi connectivity index (χ0v) is 17.3. The van der Waals surface area contributed by atoms with Crippen molar-refractivity contribution in [3.05, 3.63) is 57.0 Å². The summed E-state index contributed by atoms with van der Waals surface area (Å²) in [5.41, 5.74) is 1.54. The average molecular weight is 436 g/mol. The Morgan fingerprint density at radius 1 is 1.08 bits per heavy atom. The maximum absolute atomic E-state index is 12.6. The number of hydrogen-bond acceptors (Lipinski definition) is 3. The molecule has 0 aliphatic heterocycles. The van der Waals surface area contributed by atoms with Crippen molar-refractivity contribution in [2.24, 2.45) is 0 Å². The van der Waals surface area contributed by atoms with E-state index in [2.05, 4.69) is 5.32 Å². The maximum atomic E-state index is 12.6. The van der Waals surface area contributed by atoms with Crippen LogP contribution in [-0.4, -0.2) is 26.6 Å². The van der Waals surface area contributed by atoms with Crippen molar-refractivity contribution in [3.8, 4) is 0 Å². The molecule has 0 saturated heterocycles. The van der Waals surface area contributed by atoms with Gasteiger partial charge in [-0.25, -0.2) is 8.42 Å². The fourth-order valence-electron chi connectivity index (χ4n) is 2.39. The van der Waals surface area contributed by atoms with Crippen molar-refractivity contribution in [2.75, 3.05) is 15.9 Å². The van der Waals surface area contributed by atoms with E-state index in [0.29, 0.717) is 10.7 Å². The van der Waals surface area contributed by atoms with Crippen molar-refractivity contribution >= 4 is 62.1 Å². The van der Waals surface area contributed by atoms with Crippen molar-refractivity contribution in [2.45, 2.75) is 19.9 Å². The van der Waals surface area contributed by atoms with Crippen molar-refractivity contribution < 1.29 is 13.2 Å². The first-order chi connectivity index (χ1) is 12.0. The van der Waals surface area contributed by atoms with Crippen LogP contribution in [0.1, 0.15) is 12.5 Å². The second-order valence-electron chi connectivity index (χ2n) is 5.82. The second-order valence-corrected chi connectivity index (χ2v) is 8.96. The molecule has 0 spiro atoms. The van der Waals surface area contributed by atoms with E-state index >= 15 is 0 Å². The number of benzene rings is 2. The molecule has 0 aliphatic carbocycles. The van der Waals surface area contributed by atoms with Crippen LogP contribution in [0.15, 0.2) is 36.4 Å². The third kappa shape index (κ3) is 5.04. The van der Waals surface area contributed by atoms with Gasteiger partial charge >= 0.3 is 0 Å².